The number of carbonyl (C=O) groups excluding carboxylic acids is 2. The van der Waals surface area contributed by atoms with Crippen LogP contribution in [0.2, 0.25) is 0 Å². The van der Waals surface area contributed by atoms with E-state index in [4.69, 9.17) is 5.73 Å². The van der Waals surface area contributed by atoms with E-state index in [-0.39, 0.29) is 18.5 Å². The summed E-state index contributed by atoms with van der Waals surface area (Å²) in [5.74, 6) is 5.10. The van der Waals surface area contributed by atoms with Gasteiger partial charge in [-0.1, -0.05) is 5.92 Å². The Bertz CT molecular complexity index is 849. The summed E-state index contributed by atoms with van der Waals surface area (Å²) in [7, 11) is 1.63. The molecule has 0 aliphatic rings. The number of aromatic nitrogens is 2. The molecule has 2 aromatic rings. The molecule has 114 valence electrons. The zero-order valence-corrected chi connectivity index (χ0v) is 12.5. The Balaban J connectivity index is 2.69. The van der Waals surface area contributed by atoms with Crippen molar-refractivity contribution in [2.45, 2.75) is 25.8 Å². The molecule has 0 saturated carbocycles. The molecule has 1 aromatic carbocycles. The fraction of sp³-hybridized carbons (Fsp3) is 0.312. The van der Waals surface area contributed by atoms with Crippen LogP contribution < -0.4 is 11.4 Å². The van der Waals surface area contributed by atoms with E-state index in [9.17, 15) is 14.4 Å². The molecule has 0 bridgehead atoms. The van der Waals surface area contributed by atoms with Crippen LogP contribution in [0.15, 0.2) is 23.0 Å². The highest BCUT2D eigenvalue weighted by atomic mass is 16.2. The van der Waals surface area contributed by atoms with Gasteiger partial charge in [0.1, 0.15) is 12.3 Å². The number of nitrogens with zero attached hydrogens (tertiary/aromatic N) is 2. The Morgan fingerprint density at radius 3 is 2.73 bits per heavy atom. The highest BCUT2D eigenvalue weighted by molar-refractivity contribution is 5.84. The second-order valence-electron chi connectivity index (χ2n) is 4.95. The van der Waals surface area contributed by atoms with E-state index in [1.54, 1.807) is 32.2 Å². The molecule has 22 heavy (non-hydrogen) atoms. The number of primary amides is 1. The molecular formula is C16H17N3O3. The number of benzene rings is 1. The Hall–Kier alpha value is -2.81. The highest BCUT2D eigenvalue weighted by Gasteiger charge is 2.23. The zero-order valence-electron chi connectivity index (χ0n) is 12.5. The standard InChI is InChI=1S/C16H17N3O3/c1-3-5-11-7-8-12-14(10-11)18(2)16(22)19(12)13(15(17)21)6-4-9-20/h7-10,13H,4,6H2,1-2H3,(H2,17,21). The van der Waals surface area contributed by atoms with Gasteiger partial charge in [0.15, 0.2) is 0 Å². The van der Waals surface area contributed by atoms with Crippen molar-refractivity contribution in [2.75, 3.05) is 0 Å². The molecule has 0 fully saturated rings. The summed E-state index contributed by atoms with van der Waals surface area (Å²) in [5.41, 5.74) is 7.12. The topological polar surface area (TPSA) is 87.1 Å². The molecule has 2 rings (SSSR count). The molecular weight excluding hydrogens is 282 g/mol. The van der Waals surface area contributed by atoms with Gasteiger partial charge < -0.3 is 10.5 Å². The fourth-order valence-corrected chi connectivity index (χ4v) is 2.51. The Morgan fingerprint density at radius 1 is 1.41 bits per heavy atom. The SMILES string of the molecule is CC#Cc1ccc2c(c1)n(C)c(=O)n2C(CCC=O)C(N)=O. The first-order chi connectivity index (χ1) is 10.5. The number of imidazole rings is 1. The van der Waals surface area contributed by atoms with E-state index in [1.807, 2.05) is 0 Å². The van der Waals surface area contributed by atoms with Crippen LogP contribution in [-0.4, -0.2) is 21.3 Å². The quantitative estimate of drug-likeness (QED) is 0.652. The summed E-state index contributed by atoms with van der Waals surface area (Å²) < 4.78 is 2.80. The van der Waals surface area contributed by atoms with E-state index in [0.717, 1.165) is 5.56 Å². The van der Waals surface area contributed by atoms with Gasteiger partial charge in [0, 0.05) is 19.0 Å². The van der Waals surface area contributed by atoms with Crippen LogP contribution in [0.3, 0.4) is 0 Å². The Labute approximate surface area is 127 Å². The maximum Gasteiger partial charge on any atom is 0.329 e. The van der Waals surface area contributed by atoms with Crippen molar-refractivity contribution >= 4 is 23.2 Å². The summed E-state index contributed by atoms with van der Waals surface area (Å²) in [6, 6.07) is 4.48. The summed E-state index contributed by atoms with van der Waals surface area (Å²) in [6.07, 6.45) is 1.07. The number of hydrogen-bond acceptors (Lipinski definition) is 3. The molecule has 1 unspecified atom stereocenters. The maximum absolute atomic E-state index is 12.5. The van der Waals surface area contributed by atoms with Gasteiger partial charge >= 0.3 is 5.69 Å². The number of nitrogens with two attached hydrogens (primary N) is 1. The number of aldehydes is 1. The normalized spacial score (nSPS) is 11.7. The molecule has 6 nitrogen and oxygen atoms in total. The largest absolute Gasteiger partial charge is 0.368 e. The summed E-state index contributed by atoms with van der Waals surface area (Å²) in [6.45, 7) is 1.73. The van der Waals surface area contributed by atoms with Crippen molar-refractivity contribution in [1.29, 1.82) is 0 Å². The minimum absolute atomic E-state index is 0.163. The lowest BCUT2D eigenvalue weighted by Crippen LogP contribution is -2.34. The lowest BCUT2D eigenvalue weighted by atomic mass is 10.1. The predicted octanol–water partition coefficient (Wildman–Crippen LogP) is 0.717. The molecule has 0 aliphatic carbocycles. The summed E-state index contributed by atoms with van der Waals surface area (Å²) in [4.78, 5) is 34.7. The molecule has 1 atom stereocenters. The third-order valence-corrected chi connectivity index (χ3v) is 3.56. The molecule has 0 radical (unpaired) electrons. The number of fused-ring (bicyclic) bond motifs is 1. The van der Waals surface area contributed by atoms with Crippen molar-refractivity contribution in [3.05, 3.63) is 34.2 Å². The zero-order chi connectivity index (χ0) is 16.3. The van der Waals surface area contributed by atoms with E-state index in [1.165, 1.54) is 9.13 Å². The van der Waals surface area contributed by atoms with Crippen molar-refractivity contribution < 1.29 is 9.59 Å². The van der Waals surface area contributed by atoms with Gasteiger partial charge in [-0.3, -0.25) is 13.9 Å². The fourth-order valence-electron chi connectivity index (χ4n) is 2.51. The second-order valence-corrected chi connectivity index (χ2v) is 4.95. The van der Waals surface area contributed by atoms with Crippen molar-refractivity contribution in [2.24, 2.45) is 12.8 Å². The number of hydrogen-bond donors (Lipinski definition) is 1. The first-order valence-electron chi connectivity index (χ1n) is 6.88. The maximum atomic E-state index is 12.5. The van der Waals surface area contributed by atoms with E-state index < -0.39 is 11.9 Å². The van der Waals surface area contributed by atoms with Crippen molar-refractivity contribution in [1.82, 2.24) is 9.13 Å². The van der Waals surface area contributed by atoms with Crippen LogP contribution in [0, 0.1) is 11.8 Å². The average molecular weight is 299 g/mol. The van der Waals surface area contributed by atoms with Crippen molar-refractivity contribution in [3.63, 3.8) is 0 Å². The third kappa shape index (κ3) is 2.66. The number of amides is 1. The van der Waals surface area contributed by atoms with Gasteiger partial charge in [-0.25, -0.2) is 4.79 Å². The Morgan fingerprint density at radius 2 is 2.14 bits per heavy atom. The number of rotatable bonds is 5. The monoisotopic (exact) mass is 299 g/mol. The van der Waals surface area contributed by atoms with Gasteiger partial charge in [-0.05, 0) is 31.5 Å². The van der Waals surface area contributed by atoms with E-state index in [2.05, 4.69) is 11.8 Å². The number of aryl methyl sites for hydroxylation is 1. The molecule has 6 heteroatoms. The summed E-state index contributed by atoms with van der Waals surface area (Å²) in [5, 5.41) is 0. The van der Waals surface area contributed by atoms with Crippen LogP contribution in [0.25, 0.3) is 11.0 Å². The van der Waals surface area contributed by atoms with E-state index in [0.29, 0.717) is 17.3 Å². The molecule has 0 aliphatic heterocycles. The van der Waals surface area contributed by atoms with Crippen LogP contribution in [0.1, 0.15) is 31.4 Å². The Kier molecular flexibility index (Phi) is 4.47. The van der Waals surface area contributed by atoms with Crippen LogP contribution in [0.5, 0.6) is 0 Å². The molecule has 0 saturated heterocycles. The second kappa shape index (κ2) is 6.31. The summed E-state index contributed by atoms with van der Waals surface area (Å²) >= 11 is 0. The predicted molar refractivity (Wildman–Crippen MR) is 83.3 cm³/mol. The molecule has 0 spiro atoms. The molecule has 2 N–H and O–H groups in total. The third-order valence-electron chi connectivity index (χ3n) is 3.56. The minimum Gasteiger partial charge on any atom is -0.368 e. The van der Waals surface area contributed by atoms with E-state index >= 15 is 0 Å². The molecule has 1 aromatic heterocycles. The van der Waals surface area contributed by atoms with Crippen LogP contribution in [-0.2, 0) is 16.6 Å². The number of carbonyl (C=O) groups is 2. The molecule has 1 amide bonds. The molecule has 1 heterocycles. The first-order valence-corrected chi connectivity index (χ1v) is 6.88. The van der Waals surface area contributed by atoms with Crippen LogP contribution in [0.4, 0.5) is 0 Å². The lowest BCUT2D eigenvalue weighted by molar-refractivity contribution is -0.121. The average Bonchev–Trinajstić information content (AvgIpc) is 2.73. The van der Waals surface area contributed by atoms with Gasteiger partial charge in [-0.2, -0.15) is 0 Å². The van der Waals surface area contributed by atoms with Crippen LogP contribution >= 0.6 is 0 Å². The van der Waals surface area contributed by atoms with Gasteiger partial charge in [0.25, 0.3) is 0 Å². The first kappa shape index (κ1) is 15.6. The van der Waals surface area contributed by atoms with Crippen molar-refractivity contribution in [3.8, 4) is 11.8 Å². The van der Waals surface area contributed by atoms with Gasteiger partial charge in [0.05, 0.1) is 11.0 Å². The van der Waals surface area contributed by atoms with Gasteiger partial charge in [0.2, 0.25) is 5.91 Å². The highest BCUT2D eigenvalue weighted by Crippen LogP contribution is 2.20. The minimum atomic E-state index is -0.843. The van der Waals surface area contributed by atoms with Gasteiger partial charge in [-0.15, -0.1) is 5.92 Å². The smallest absolute Gasteiger partial charge is 0.329 e. The lowest BCUT2D eigenvalue weighted by Gasteiger charge is -2.13.